The number of Topliss-reactive ketones (excluding diaryl/α,β-unsaturated/α-hetero) is 1. The minimum atomic E-state index is -0.723. The first-order chi connectivity index (χ1) is 16.4. The molecule has 4 saturated heterocycles. The molecule has 35 heavy (non-hydrogen) atoms. The summed E-state index contributed by atoms with van der Waals surface area (Å²) >= 11 is 0. The Bertz CT molecular complexity index is 1100. The van der Waals surface area contributed by atoms with Gasteiger partial charge in [0.05, 0.1) is 11.8 Å². The molecule has 3 aliphatic carbocycles. The van der Waals surface area contributed by atoms with Crippen LogP contribution in [0.5, 0.6) is 0 Å². The number of allylic oxidation sites excluding steroid dienone is 2. The van der Waals surface area contributed by atoms with Crippen molar-refractivity contribution < 1.29 is 28.8 Å². The van der Waals surface area contributed by atoms with Crippen molar-refractivity contribution in [2.24, 2.45) is 39.9 Å². The highest BCUT2D eigenvalue weighted by Crippen LogP contribution is 2.74. The van der Waals surface area contributed by atoms with Gasteiger partial charge >= 0.3 is 5.97 Å². The maximum atomic E-state index is 14.0. The van der Waals surface area contributed by atoms with Crippen molar-refractivity contribution in [3.8, 4) is 0 Å². The van der Waals surface area contributed by atoms with Gasteiger partial charge in [0, 0.05) is 42.9 Å². The van der Waals surface area contributed by atoms with Crippen LogP contribution in [-0.2, 0) is 23.9 Å². The summed E-state index contributed by atoms with van der Waals surface area (Å²) in [7, 11) is 0. The van der Waals surface area contributed by atoms with Crippen LogP contribution >= 0.6 is 0 Å². The van der Waals surface area contributed by atoms with E-state index < -0.39 is 16.6 Å². The Hall–Kier alpha value is -1.53. The number of hydrogen-bond acceptors (Lipinski definition) is 5. The Labute approximate surface area is 208 Å². The summed E-state index contributed by atoms with van der Waals surface area (Å²) in [6.45, 7) is 12.1. The molecule has 11 atom stereocenters. The van der Waals surface area contributed by atoms with Crippen LogP contribution in [0.15, 0.2) is 11.6 Å². The Balaban J connectivity index is 1.44. The second-order valence-corrected chi connectivity index (χ2v) is 14.3. The molecule has 190 valence electrons. The fourth-order valence-electron chi connectivity index (χ4n) is 11.3. The van der Waals surface area contributed by atoms with Gasteiger partial charge in [0.25, 0.3) is 5.72 Å². The van der Waals surface area contributed by atoms with Gasteiger partial charge in [0.1, 0.15) is 18.4 Å². The lowest BCUT2D eigenvalue weighted by molar-refractivity contribution is -1.04. The number of carbonyl (C=O) groups excluding carboxylic acids is 3. The summed E-state index contributed by atoms with van der Waals surface area (Å²) in [5, 5.41) is 0. The molecule has 0 radical (unpaired) electrons. The Morgan fingerprint density at radius 2 is 1.86 bits per heavy atom. The topological polar surface area (TPSA) is 74.1 Å². The lowest BCUT2D eigenvalue weighted by Gasteiger charge is -2.74. The molecular formula is C29H40NO5+. The number of ether oxygens (including phenoxy) is 2. The number of hydrogen-bond donors (Lipinski definition) is 1. The number of ketones is 2. The lowest BCUT2D eigenvalue weighted by atomic mass is 9.34. The Morgan fingerprint density at radius 1 is 1.09 bits per heavy atom. The van der Waals surface area contributed by atoms with E-state index in [0.717, 1.165) is 44.2 Å². The van der Waals surface area contributed by atoms with E-state index in [0.29, 0.717) is 25.2 Å². The van der Waals surface area contributed by atoms with Crippen molar-refractivity contribution in [2.75, 3.05) is 6.54 Å². The van der Waals surface area contributed by atoms with Gasteiger partial charge in [-0.1, -0.05) is 26.3 Å². The smallest absolute Gasteiger partial charge is 0.311 e. The van der Waals surface area contributed by atoms with E-state index in [4.69, 9.17) is 9.47 Å². The molecular weight excluding hydrogens is 442 g/mol. The minimum Gasteiger partial charge on any atom is -0.409 e. The number of fused-ring (bicyclic) bond motifs is 5. The van der Waals surface area contributed by atoms with Crippen LogP contribution in [0.4, 0.5) is 0 Å². The Kier molecular flexibility index (Phi) is 4.19. The van der Waals surface area contributed by atoms with Crippen molar-refractivity contribution in [3.63, 3.8) is 0 Å². The second kappa shape index (κ2) is 6.48. The van der Waals surface area contributed by atoms with Gasteiger partial charge < -0.3 is 9.47 Å². The van der Waals surface area contributed by atoms with Gasteiger partial charge in [-0.15, -0.1) is 0 Å². The number of piperidine rings is 1. The van der Waals surface area contributed by atoms with Crippen molar-refractivity contribution in [1.29, 1.82) is 0 Å². The van der Waals surface area contributed by atoms with Gasteiger partial charge in [-0.2, -0.15) is 0 Å². The molecule has 4 bridgehead atoms. The summed E-state index contributed by atoms with van der Waals surface area (Å²) in [4.78, 5) is 41.9. The number of quaternary nitrogens is 1. The molecule has 4 aliphatic heterocycles. The van der Waals surface area contributed by atoms with Crippen LogP contribution in [0.3, 0.4) is 0 Å². The monoisotopic (exact) mass is 482 g/mol. The maximum absolute atomic E-state index is 14.0. The molecule has 1 spiro atoms. The van der Waals surface area contributed by atoms with Crippen LogP contribution in [0.1, 0.15) is 86.0 Å². The highest BCUT2D eigenvalue weighted by Gasteiger charge is 2.85. The van der Waals surface area contributed by atoms with Crippen LogP contribution in [0, 0.1) is 39.9 Å². The summed E-state index contributed by atoms with van der Waals surface area (Å²) in [5.41, 5.74) is -1.11. The summed E-state index contributed by atoms with van der Waals surface area (Å²) in [6.07, 6.45) is 8.01. The highest BCUT2D eigenvalue weighted by molar-refractivity contribution is 5.98. The molecule has 4 heterocycles. The van der Waals surface area contributed by atoms with Gasteiger partial charge in [-0.25, -0.2) is 0 Å². The zero-order valence-corrected chi connectivity index (χ0v) is 21.9. The third kappa shape index (κ3) is 2.43. The molecule has 0 amide bonds. The number of rotatable bonds is 0. The minimum absolute atomic E-state index is 0.111. The van der Waals surface area contributed by atoms with E-state index in [2.05, 4.69) is 34.6 Å². The summed E-state index contributed by atoms with van der Waals surface area (Å²) < 4.78 is 13.5. The molecule has 6 nitrogen and oxygen atoms in total. The standard InChI is InChI=1S/C29H39NO5/c1-16-9-20-19(21(31)10-16)11-22(32)24-25(20,3)15-29-27(5,26(24,4)13-23(33)35-29)6-7-28-12-17(2)8-18(34-28)14-30(28)29/h10,17-20,24H,6-9,11-15H2,1-5H3/p+1/t17-,18+,19+,20-,24-,25-,26+,27-,28-,29+/m0/s1. The SMILES string of the molecule is CC1=CC(=O)[C@@H]2CC(=O)[C@H]3[C@@](C)(C[C@@]45OC(=O)C[C@@]3(C)[C@]4(C)CC[C@]34C[C@@H](C)C[C@H](C[NH+]35)O4)[C@H]2C1. The summed E-state index contributed by atoms with van der Waals surface area (Å²) in [5.74, 6) is 0.394. The zero-order chi connectivity index (χ0) is 24.8. The normalized spacial score (nSPS) is 58.4. The quantitative estimate of drug-likeness (QED) is 0.538. The number of carbonyl (C=O) groups is 3. The van der Waals surface area contributed by atoms with E-state index in [-0.39, 0.29) is 52.5 Å². The largest absolute Gasteiger partial charge is 0.409 e. The van der Waals surface area contributed by atoms with Crippen LogP contribution in [-0.4, -0.2) is 41.6 Å². The second-order valence-electron chi connectivity index (χ2n) is 14.3. The Morgan fingerprint density at radius 3 is 2.63 bits per heavy atom. The maximum Gasteiger partial charge on any atom is 0.311 e. The highest BCUT2D eigenvalue weighted by atomic mass is 16.6. The molecule has 1 N–H and O–H groups in total. The number of esters is 1. The van der Waals surface area contributed by atoms with E-state index in [1.54, 1.807) is 6.08 Å². The van der Waals surface area contributed by atoms with Crippen molar-refractivity contribution in [2.45, 2.75) is 104 Å². The molecule has 0 aromatic rings. The molecule has 7 rings (SSSR count). The van der Waals surface area contributed by atoms with Crippen LogP contribution in [0.2, 0.25) is 0 Å². The molecule has 0 aromatic heterocycles. The molecule has 2 saturated carbocycles. The third-order valence-corrected chi connectivity index (χ3v) is 12.5. The molecule has 6 fully saturated rings. The first-order valence-corrected chi connectivity index (χ1v) is 13.9. The van der Waals surface area contributed by atoms with Crippen LogP contribution in [0.25, 0.3) is 0 Å². The van der Waals surface area contributed by atoms with Crippen molar-refractivity contribution in [1.82, 2.24) is 0 Å². The van der Waals surface area contributed by atoms with E-state index in [1.165, 1.54) is 4.90 Å². The van der Waals surface area contributed by atoms with E-state index >= 15 is 0 Å². The zero-order valence-electron chi connectivity index (χ0n) is 21.9. The fourth-order valence-corrected chi connectivity index (χ4v) is 11.3. The predicted molar refractivity (Wildman–Crippen MR) is 127 cm³/mol. The molecule has 0 aromatic carbocycles. The summed E-state index contributed by atoms with van der Waals surface area (Å²) in [6, 6.07) is 0. The average molecular weight is 483 g/mol. The average Bonchev–Trinajstić information content (AvgIpc) is 3.01. The third-order valence-electron chi connectivity index (χ3n) is 12.5. The van der Waals surface area contributed by atoms with Gasteiger partial charge in [-0.3, -0.25) is 19.3 Å². The van der Waals surface area contributed by atoms with Crippen molar-refractivity contribution >= 4 is 17.5 Å². The molecule has 1 unspecified atom stereocenters. The van der Waals surface area contributed by atoms with Crippen molar-refractivity contribution in [3.05, 3.63) is 11.6 Å². The first kappa shape index (κ1) is 22.7. The molecule has 7 aliphatic rings. The van der Waals surface area contributed by atoms with E-state index in [1.807, 2.05) is 0 Å². The molecule has 6 heteroatoms. The number of nitrogens with one attached hydrogen (secondary N) is 1. The van der Waals surface area contributed by atoms with Gasteiger partial charge in [-0.05, 0) is 56.4 Å². The van der Waals surface area contributed by atoms with Crippen LogP contribution < -0.4 is 4.90 Å². The van der Waals surface area contributed by atoms with Gasteiger partial charge in [0.2, 0.25) is 5.72 Å². The lowest BCUT2D eigenvalue weighted by Crippen LogP contribution is -3.29. The van der Waals surface area contributed by atoms with E-state index in [9.17, 15) is 14.4 Å². The first-order valence-electron chi connectivity index (χ1n) is 13.9. The van der Waals surface area contributed by atoms with Gasteiger partial charge in [0.15, 0.2) is 5.78 Å². The predicted octanol–water partition coefficient (Wildman–Crippen LogP) is 3.00. The fraction of sp³-hybridized carbons (Fsp3) is 0.828.